The van der Waals surface area contributed by atoms with Gasteiger partial charge >= 0.3 is 0 Å². The lowest BCUT2D eigenvalue weighted by Gasteiger charge is -2.16. The molecule has 3 heteroatoms. The molecule has 16 heavy (non-hydrogen) atoms. The van der Waals surface area contributed by atoms with Crippen LogP contribution in [0, 0.1) is 0 Å². The number of alkyl halides is 1. The maximum absolute atomic E-state index is 12.1. The molecule has 0 saturated heterocycles. The molecule has 0 saturated carbocycles. The summed E-state index contributed by atoms with van der Waals surface area (Å²) in [5, 5.41) is 0. The molecule has 0 N–H and O–H groups in total. The van der Waals surface area contributed by atoms with Crippen molar-refractivity contribution in [3.05, 3.63) is 33.7 Å². The van der Waals surface area contributed by atoms with Gasteiger partial charge in [-0.25, -0.2) is 0 Å². The van der Waals surface area contributed by atoms with Crippen molar-refractivity contribution in [2.45, 2.75) is 52.0 Å². The zero-order valence-corrected chi connectivity index (χ0v) is 11.0. The lowest BCUT2D eigenvalue weighted by Crippen LogP contribution is -2.26. The second kappa shape index (κ2) is 6.09. The minimum atomic E-state index is 0.0784. The number of hydrogen-bond acceptors (Lipinski definition) is 1. The third-order valence-corrected chi connectivity index (χ3v) is 3.05. The highest BCUT2D eigenvalue weighted by Gasteiger charge is 2.10. The van der Waals surface area contributed by atoms with Crippen LogP contribution in [0.2, 0.25) is 0 Å². The van der Waals surface area contributed by atoms with E-state index >= 15 is 0 Å². The maximum Gasteiger partial charge on any atom is 0.255 e. The molecule has 0 aliphatic carbocycles. The van der Waals surface area contributed by atoms with Crippen molar-refractivity contribution in [2.75, 3.05) is 0 Å². The van der Waals surface area contributed by atoms with Gasteiger partial charge in [-0.1, -0.05) is 33.3 Å². The maximum atomic E-state index is 12.1. The van der Waals surface area contributed by atoms with E-state index < -0.39 is 0 Å². The number of aromatic nitrogens is 1. The number of pyridine rings is 1. The fraction of sp³-hybridized carbons (Fsp3) is 0.615. The Morgan fingerprint density at radius 1 is 1.38 bits per heavy atom. The van der Waals surface area contributed by atoms with Crippen LogP contribution in [-0.2, 0) is 12.4 Å². The smallest absolute Gasteiger partial charge is 0.255 e. The lowest BCUT2D eigenvalue weighted by atomic mass is 10.1. The van der Waals surface area contributed by atoms with Crippen molar-refractivity contribution in [1.82, 2.24) is 4.57 Å². The summed E-state index contributed by atoms with van der Waals surface area (Å²) in [5.41, 5.74) is 1.88. The molecule has 1 aromatic rings. The molecule has 0 bridgehead atoms. The largest absolute Gasteiger partial charge is 0.312 e. The molecule has 1 rings (SSSR count). The van der Waals surface area contributed by atoms with E-state index in [9.17, 15) is 4.79 Å². The zero-order valence-electron chi connectivity index (χ0n) is 10.3. The normalized spacial score (nSPS) is 11.1. The van der Waals surface area contributed by atoms with Crippen LogP contribution in [0.4, 0.5) is 0 Å². The molecule has 0 amide bonds. The van der Waals surface area contributed by atoms with Crippen molar-refractivity contribution < 1.29 is 0 Å². The monoisotopic (exact) mass is 241 g/mol. The van der Waals surface area contributed by atoms with Gasteiger partial charge in [-0.05, 0) is 18.4 Å². The highest BCUT2D eigenvalue weighted by atomic mass is 35.5. The predicted molar refractivity (Wildman–Crippen MR) is 69.3 cm³/mol. The molecule has 0 fully saturated rings. The van der Waals surface area contributed by atoms with Crippen molar-refractivity contribution in [1.29, 1.82) is 0 Å². The van der Waals surface area contributed by atoms with E-state index in [-0.39, 0.29) is 5.56 Å². The molecule has 0 aromatic carbocycles. The summed E-state index contributed by atoms with van der Waals surface area (Å²) in [7, 11) is 0. The minimum Gasteiger partial charge on any atom is -0.312 e. The molecular formula is C13H20ClNO. The van der Waals surface area contributed by atoms with Crippen LogP contribution in [0.1, 0.15) is 50.8 Å². The Kier molecular flexibility index (Phi) is 5.07. The summed E-state index contributed by atoms with van der Waals surface area (Å²) < 4.78 is 1.88. The molecule has 0 aliphatic heterocycles. The number of hydrogen-bond donors (Lipinski definition) is 0. The summed E-state index contributed by atoms with van der Waals surface area (Å²) in [6.07, 6.45) is 2.13. The van der Waals surface area contributed by atoms with Gasteiger partial charge in [0.25, 0.3) is 5.56 Å². The van der Waals surface area contributed by atoms with Crippen LogP contribution in [0.5, 0.6) is 0 Å². The van der Waals surface area contributed by atoms with E-state index in [0.717, 1.165) is 25.1 Å². The van der Waals surface area contributed by atoms with Crippen molar-refractivity contribution in [3.8, 4) is 0 Å². The molecule has 0 spiro atoms. The first-order chi connectivity index (χ1) is 7.61. The van der Waals surface area contributed by atoms with E-state index in [0.29, 0.717) is 17.4 Å². The first kappa shape index (κ1) is 13.3. The number of rotatable bonds is 5. The highest BCUT2D eigenvalue weighted by Crippen LogP contribution is 2.14. The number of nitrogens with zero attached hydrogens (tertiary/aromatic N) is 1. The van der Waals surface area contributed by atoms with E-state index in [1.54, 1.807) is 0 Å². The summed E-state index contributed by atoms with van der Waals surface area (Å²) in [6, 6.07) is 3.88. The average Bonchev–Trinajstić information content (AvgIpc) is 2.26. The third kappa shape index (κ3) is 2.88. The van der Waals surface area contributed by atoms with Crippen LogP contribution >= 0.6 is 11.6 Å². The van der Waals surface area contributed by atoms with Crippen LogP contribution in [0.15, 0.2) is 16.9 Å². The van der Waals surface area contributed by atoms with Crippen molar-refractivity contribution in [2.24, 2.45) is 0 Å². The topological polar surface area (TPSA) is 22.0 Å². The molecule has 0 atom stereocenters. The lowest BCUT2D eigenvalue weighted by molar-refractivity contribution is 0.567. The Labute approximate surface area is 102 Å². The third-order valence-electron chi connectivity index (χ3n) is 2.76. The Hall–Kier alpha value is -0.760. The Morgan fingerprint density at radius 2 is 2.06 bits per heavy atom. The molecule has 2 nitrogen and oxygen atoms in total. The van der Waals surface area contributed by atoms with Gasteiger partial charge in [0, 0.05) is 17.8 Å². The van der Waals surface area contributed by atoms with Crippen LogP contribution in [0.3, 0.4) is 0 Å². The van der Waals surface area contributed by atoms with Gasteiger partial charge in [-0.15, -0.1) is 11.6 Å². The van der Waals surface area contributed by atoms with E-state index in [2.05, 4.69) is 20.8 Å². The summed E-state index contributed by atoms with van der Waals surface area (Å²) in [4.78, 5) is 12.1. The van der Waals surface area contributed by atoms with Crippen molar-refractivity contribution >= 4 is 11.6 Å². The van der Waals surface area contributed by atoms with Gasteiger partial charge in [0.1, 0.15) is 0 Å². The molecule has 1 aromatic heterocycles. The van der Waals surface area contributed by atoms with Crippen LogP contribution in [0.25, 0.3) is 0 Å². The fourth-order valence-corrected chi connectivity index (χ4v) is 1.99. The molecular weight excluding hydrogens is 222 g/mol. The molecule has 0 aliphatic rings. The quantitative estimate of drug-likeness (QED) is 0.723. The standard InChI is InChI=1S/C13H20ClNO/c1-4-5-8-15-12(10(2)3)7-6-11(9-14)13(15)16/h6-7,10H,4-5,8-9H2,1-3H3. The van der Waals surface area contributed by atoms with Crippen LogP contribution < -0.4 is 5.56 Å². The Balaban J connectivity index is 3.20. The number of halogens is 1. The van der Waals surface area contributed by atoms with Gasteiger partial charge in [-0.2, -0.15) is 0 Å². The molecule has 90 valence electrons. The van der Waals surface area contributed by atoms with E-state index in [1.807, 2.05) is 16.7 Å². The van der Waals surface area contributed by atoms with Crippen LogP contribution in [-0.4, -0.2) is 4.57 Å². The Bertz CT molecular complexity index is 395. The first-order valence-electron chi connectivity index (χ1n) is 5.90. The second-order valence-electron chi connectivity index (χ2n) is 4.38. The first-order valence-corrected chi connectivity index (χ1v) is 6.43. The van der Waals surface area contributed by atoms with Gasteiger partial charge in [0.2, 0.25) is 0 Å². The number of unbranched alkanes of at least 4 members (excludes halogenated alkanes) is 1. The van der Waals surface area contributed by atoms with Gasteiger partial charge in [-0.3, -0.25) is 4.79 Å². The minimum absolute atomic E-state index is 0.0784. The predicted octanol–water partition coefficient (Wildman–Crippen LogP) is 3.51. The van der Waals surface area contributed by atoms with Gasteiger partial charge in [0.15, 0.2) is 0 Å². The Morgan fingerprint density at radius 3 is 2.56 bits per heavy atom. The fourth-order valence-electron chi connectivity index (χ4n) is 1.79. The SMILES string of the molecule is CCCCn1c(C(C)C)ccc(CCl)c1=O. The zero-order chi connectivity index (χ0) is 12.1. The van der Waals surface area contributed by atoms with Crippen molar-refractivity contribution in [3.63, 3.8) is 0 Å². The molecule has 1 heterocycles. The molecule has 0 radical (unpaired) electrons. The summed E-state index contributed by atoms with van der Waals surface area (Å²) in [6.45, 7) is 7.15. The second-order valence-corrected chi connectivity index (χ2v) is 4.65. The average molecular weight is 242 g/mol. The van der Waals surface area contributed by atoms with E-state index in [4.69, 9.17) is 11.6 Å². The van der Waals surface area contributed by atoms with Gasteiger partial charge in [0.05, 0.1) is 5.88 Å². The highest BCUT2D eigenvalue weighted by molar-refractivity contribution is 6.17. The molecule has 0 unspecified atom stereocenters. The summed E-state index contributed by atoms with van der Waals surface area (Å²) in [5.74, 6) is 0.664. The van der Waals surface area contributed by atoms with Gasteiger partial charge < -0.3 is 4.57 Å². The summed E-state index contributed by atoms with van der Waals surface area (Å²) >= 11 is 5.76. The van der Waals surface area contributed by atoms with E-state index in [1.165, 1.54) is 0 Å².